The van der Waals surface area contributed by atoms with Crippen LogP contribution in [0, 0.1) is 0 Å². The molecule has 1 aliphatic heterocycles. The van der Waals surface area contributed by atoms with Gasteiger partial charge in [0.05, 0.1) is 13.2 Å². The predicted molar refractivity (Wildman–Crippen MR) is 51.9 cm³/mol. The van der Waals surface area contributed by atoms with Gasteiger partial charge in [-0.1, -0.05) is 13.8 Å². The van der Waals surface area contributed by atoms with E-state index in [1.165, 1.54) is 11.3 Å². The van der Waals surface area contributed by atoms with Gasteiger partial charge in [-0.25, -0.2) is 0 Å². The summed E-state index contributed by atoms with van der Waals surface area (Å²) in [5.41, 5.74) is 2.56. The van der Waals surface area contributed by atoms with E-state index in [4.69, 9.17) is 4.74 Å². The minimum absolute atomic E-state index is 0.540. The van der Waals surface area contributed by atoms with E-state index in [1.807, 2.05) is 6.20 Å². The minimum Gasteiger partial charge on any atom is -0.380 e. The van der Waals surface area contributed by atoms with Gasteiger partial charge in [0.2, 0.25) is 0 Å². The normalized spacial score (nSPS) is 17.5. The highest BCUT2D eigenvalue weighted by atomic mass is 16.5. The van der Waals surface area contributed by atoms with Crippen molar-refractivity contribution in [3.8, 4) is 0 Å². The average molecular weight is 177 g/mol. The van der Waals surface area contributed by atoms with Gasteiger partial charge in [0.25, 0.3) is 0 Å². The lowest BCUT2D eigenvalue weighted by Crippen LogP contribution is -2.26. The third-order valence-electron chi connectivity index (χ3n) is 2.53. The number of pyridine rings is 1. The van der Waals surface area contributed by atoms with Crippen molar-refractivity contribution < 1.29 is 4.74 Å². The Morgan fingerprint density at radius 1 is 1.46 bits per heavy atom. The van der Waals surface area contributed by atoms with Crippen molar-refractivity contribution in [1.29, 1.82) is 0 Å². The highest BCUT2D eigenvalue weighted by Crippen LogP contribution is 2.24. The summed E-state index contributed by atoms with van der Waals surface area (Å²) in [5, 5.41) is 0. The molecule has 0 unspecified atom stereocenters. The number of hydrogen-bond acceptors (Lipinski definition) is 2. The number of aromatic nitrogens is 1. The van der Waals surface area contributed by atoms with Gasteiger partial charge in [0.15, 0.2) is 0 Å². The topological polar surface area (TPSA) is 22.1 Å². The molecule has 0 spiro atoms. The largest absolute Gasteiger partial charge is 0.380 e. The average Bonchev–Trinajstić information content (AvgIpc) is 2.01. The lowest BCUT2D eigenvalue weighted by Gasteiger charge is -2.25. The van der Waals surface area contributed by atoms with E-state index in [0.29, 0.717) is 11.8 Å². The molecule has 0 atom stereocenters. The highest BCUT2D eigenvalue weighted by Gasteiger charge is 2.21. The van der Waals surface area contributed by atoms with Crippen LogP contribution in [-0.4, -0.2) is 18.2 Å². The van der Waals surface area contributed by atoms with Crippen LogP contribution >= 0.6 is 0 Å². The quantitative estimate of drug-likeness (QED) is 0.691. The molecule has 2 heteroatoms. The first-order valence-corrected chi connectivity index (χ1v) is 4.81. The fourth-order valence-electron chi connectivity index (χ4n) is 1.45. The Balaban J connectivity index is 2.21. The summed E-state index contributed by atoms with van der Waals surface area (Å²) < 4.78 is 5.15. The standard InChI is InChI=1S/C11H15NO/c1-8(2)9-3-4-12-11(5-9)10-6-13-7-10/h3-5,8,10H,6-7H2,1-2H3. The van der Waals surface area contributed by atoms with Gasteiger partial charge in [-0.3, -0.25) is 4.98 Å². The molecule has 1 fully saturated rings. The monoisotopic (exact) mass is 177 g/mol. The maximum Gasteiger partial charge on any atom is 0.0572 e. The van der Waals surface area contributed by atoms with Crippen LogP contribution in [-0.2, 0) is 4.74 Å². The second-order valence-corrected chi connectivity index (χ2v) is 3.90. The van der Waals surface area contributed by atoms with E-state index >= 15 is 0 Å². The zero-order valence-corrected chi connectivity index (χ0v) is 8.16. The predicted octanol–water partition coefficient (Wildman–Crippen LogP) is 2.32. The summed E-state index contributed by atoms with van der Waals surface area (Å²) in [7, 11) is 0. The van der Waals surface area contributed by atoms with Gasteiger partial charge < -0.3 is 4.74 Å². The lowest BCUT2D eigenvalue weighted by molar-refractivity contribution is 0.00668. The molecule has 0 bridgehead atoms. The first-order valence-electron chi connectivity index (χ1n) is 4.81. The van der Waals surface area contributed by atoms with Crippen molar-refractivity contribution in [3.63, 3.8) is 0 Å². The van der Waals surface area contributed by atoms with Crippen molar-refractivity contribution in [3.05, 3.63) is 29.6 Å². The first kappa shape index (κ1) is 8.70. The third kappa shape index (κ3) is 1.73. The van der Waals surface area contributed by atoms with Crippen LogP contribution in [0.3, 0.4) is 0 Å². The highest BCUT2D eigenvalue weighted by molar-refractivity contribution is 5.22. The van der Waals surface area contributed by atoms with E-state index in [9.17, 15) is 0 Å². The van der Waals surface area contributed by atoms with Crippen molar-refractivity contribution >= 4 is 0 Å². The summed E-state index contributed by atoms with van der Waals surface area (Å²) in [4.78, 5) is 4.36. The molecule has 1 aliphatic rings. The summed E-state index contributed by atoms with van der Waals surface area (Å²) in [6, 6.07) is 4.30. The van der Waals surface area contributed by atoms with Gasteiger partial charge in [-0.2, -0.15) is 0 Å². The van der Waals surface area contributed by atoms with Crippen molar-refractivity contribution in [1.82, 2.24) is 4.98 Å². The van der Waals surface area contributed by atoms with E-state index in [2.05, 4.69) is 31.0 Å². The molecule has 70 valence electrons. The van der Waals surface area contributed by atoms with Crippen molar-refractivity contribution in [2.24, 2.45) is 0 Å². The molecule has 2 nitrogen and oxygen atoms in total. The smallest absolute Gasteiger partial charge is 0.0572 e. The van der Waals surface area contributed by atoms with Crippen LogP contribution in [0.1, 0.15) is 36.9 Å². The molecule has 0 aromatic carbocycles. The Morgan fingerprint density at radius 2 is 2.23 bits per heavy atom. The minimum atomic E-state index is 0.540. The zero-order valence-electron chi connectivity index (χ0n) is 8.16. The molecule has 1 aromatic rings. The van der Waals surface area contributed by atoms with Crippen molar-refractivity contribution in [2.75, 3.05) is 13.2 Å². The van der Waals surface area contributed by atoms with E-state index in [0.717, 1.165) is 13.2 Å². The van der Waals surface area contributed by atoms with E-state index in [-0.39, 0.29) is 0 Å². The second kappa shape index (κ2) is 3.46. The van der Waals surface area contributed by atoms with Gasteiger partial charge in [0, 0.05) is 17.8 Å². The number of rotatable bonds is 2. The Labute approximate surface area is 78.9 Å². The molecule has 13 heavy (non-hydrogen) atoms. The number of ether oxygens (including phenoxy) is 1. The van der Waals surface area contributed by atoms with E-state index in [1.54, 1.807) is 0 Å². The number of nitrogens with zero attached hydrogens (tertiary/aromatic N) is 1. The van der Waals surface area contributed by atoms with Gasteiger partial charge in [-0.05, 0) is 23.6 Å². The van der Waals surface area contributed by atoms with Gasteiger partial charge in [-0.15, -0.1) is 0 Å². The lowest BCUT2D eigenvalue weighted by atomic mass is 9.98. The summed E-state index contributed by atoms with van der Waals surface area (Å²) in [6.07, 6.45) is 1.91. The molecule has 0 saturated carbocycles. The second-order valence-electron chi connectivity index (χ2n) is 3.90. The Hall–Kier alpha value is -0.890. The maximum absolute atomic E-state index is 5.15. The summed E-state index contributed by atoms with van der Waals surface area (Å²) in [5.74, 6) is 1.13. The Bertz CT molecular complexity index is 292. The van der Waals surface area contributed by atoms with Crippen molar-refractivity contribution in [2.45, 2.75) is 25.7 Å². The zero-order chi connectivity index (χ0) is 9.26. The number of hydrogen-bond donors (Lipinski definition) is 0. The van der Waals surface area contributed by atoms with Crippen LogP contribution in [0.15, 0.2) is 18.3 Å². The van der Waals surface area contributed by atoms with Crippen LogP contribution in [0.4, 0.5) is 0 Å². The fourth-order valence-corrected chi connectivity index (χ4v) is 1.45. The molecule has 2 rings (SSSR count). The molecule has 0 amide bonds. The summed E-state index contributed by atoms with van der Waals surface area (Å²) in [6.45, 7) is 6.09. The fraction of sp³-hybridized carbons (Fsp3) is 0.545. The molecule has 1 aromatic heterocycles. The molecule has 0 radical (unpaired) electrons. The van der Waals surface area contributed by atoms with Crippen LogP contribution < -0.4 is 0 Å². The van der Waals surface area contributed by atoms with Gasteiger partial charge in [0.1, 0.15) is 0 Å². The summed E-state index contributed by atoms with van der Waals surface area (Å²) >= 11 is 0. The Kier molecular flexibility index (Phi) is 2.32. The van der Waals surface area contributed by atoms with Crippen LogP contribution in [0.2, 0.25) is 0 Å². The molecular weight excluding hydrogens is 162 g/mol. The molecule has 0 N–H and O–H groups in total. The molecular formula is C11H15NO. The molecule has 1 saturated heterocycles. The maximum atomic E-state index is 5.15. The SMILES string of the molecule is CC(C)c1ccnc(C2COC2)c1. The van der Waals surface area contributed by atoms with Crippen LogP contribution in [0.5, 0.6) is 0 Å². The van der Waals surface area contributed by atoms with E-state index < -0.39 is 0 Å². The first-order chi connectivity index (χ1) is 6.27. The Morgan fingerprint density at radius 3 is 2.77 bits per heavy atom. The molecule has 2 heterocycles. The third-order valence-corrected chi connectivity index (χ3v) is 2.53. The van der Waals surface area contributed by atoms with Crippen LogP contribution in [0.25, 0.3) is 0 Å². The molecule has 0 aliphatic carbocycles. The van der Waals surface area contributed by atoms with Gasteiger partial charge >= 0.3 is 0 Å².